The zero-order valence-corrected chi connectivity index (χ0v) is 12.5. The van der Waals surface area contributed by atoms with Crippen LogP contribution >= 0.6 is 11.6 Å². The van der Waals surface area contributed by atoms with Gasteiger partial charge in [0.15, 0.2) is 0 Å². The van der Waals surface area contributed by atoms with E-state index in [2.05, 4.69) is 50.0 Å². The highest BCUT2D eigenvalue weighted by Gasteiger charge is 2.23. The quantitative estimate of drug-likeness (QED) is 0.838. The third kappa shape index (κ3) is 2.81. The number of nitrogens with zero attached hydrogens (tertiary/aromatic N) is 1. The van der Waals surface area contributed by atoms with Gasteiger partial charge in [-0.2, -0.15) is 0 Å². The Balaban J connectivity index is 2.39. The topological polar surface area (TPSA) is 15.3 Å². The Labute approximate surface area is 115 Å². The minimum absolute atomic E-state index is 0.480. The van der Waals surface area contributed by atoms with Gasteiger partial charge in [-0.05, 0) is 50.4 Å². The summed E-state index contributed by atoms with van der Waals surface area (Å²) < 4.78 is 0. The normalized spacial score (nSPS) is 25.1. The summed E-state index contributed by atoms with van der Waals surface area (Å²) in [6.45, 7) is 12.0. The SMILES string of the molecule is Cc1cc(C)c(N2CC(C)CNCC2C)c(Cl)c1. The van der Waals surface area contributed by atoms with Crippen LogP contribution in [-0.2, 0) is 0 Å². The molecule has 2 unspecified atom stereocenters. The van der Waals surface area contributed by atoms with Crippen LogP contribution in [-0.4, -0.2) is 25.7 Å². The average Bonchev–Trinajstić information content (AvgIpc) is 2.40. The van der Waals surface area contributed by atoms with E-state index in [9.17, 15) is 0 Å². The molecule has 1 N–H and O–H groups in total. The van der Waals surface area contributed by atoms with Crippen LogP contribution in [0, 0.1) is 19.8 Å². The molecule has 1 heterocycles. The van der Waals surface area contributed by atoms with Gasteiger partial charge in [0.25, 0.3) is 0 Å². The molecule has 1 aromatic carbocycles. The number of halogens is 1. The van der Waals surface area contributed by atoms with Crippen molar-refractivity contribution in [3.05, 3.63) is 28.3 Å². The second-order valence-corrected chi connectivity index (χ2v) is 6.08. The number of aryl methyl sites for hydroxylation is 2. The number of hydrogen-bond acceptors (Lipinski definition) is 2. The molecule has 18 heavy (non-hydrogen) atoms. The van der Waals surface area contributed by atoms with Gasteiger partial charge >= 0.3 is 0 Å². The molecule has 0 aromatic heterocycles. The zero-order valence-electron chi connectivity index (χ0n) is 11.8. The molecule has 1 aromatic rings. The number of benzene rings is 1. The van der Waals surface area contributed by atoms with E-state index in [0.717, 1.165) is 24.7 Å². The van der Waals surface area contributed by atoms with Crippen molar-refractivity contribution in [2.75, 3.05) is 24.5 Å². The third-order valence-electron chi connectivity index (χ3n) is 3.66. The standard InChI is InChI=1S/C15H23ClN2/c1-10-5-12(3)15(14(16)6-10)18-9-11(2)7-17-8-13(18)4/h5-6,11,13,17H,7-9H2,1-4H3. The van der Waals surface area contributed by atoms with Gasteiger partial charge < -0.3 is 10.2 Å². The maximum absolute atomic E-state index is 6.47. The average molecular weight is 267 g/mol. The van der Waals surface area contributed by atoms with Crippen LogP contribution in [0.15, 0.2) is 12.1 Å². The van der Waals surface area contributed by atoms with Gasteiger partial charge in [-0.1, -0.05) is 24.6 Å². The first-order valence-corrected chi connectivity index (χ1v) is 7.11. The number of rotatable bonds is 1. The fraction of sp³-hybridized carbons (Fsp3) is 0.600. The predicted molar refractivity (Wildman–Crippen MR) is 79.8 cm³/mol. The summed E-state index contributed by atoms with van der Waals surface area (Å²) >= 11 is 6.47. The minimum Gasteiger partial charge on any atom is -0.366 e. The number of anilines is 1. The first kappa shape index (κ1) is 13.7. The van der Waals surface area contributed by atoms with Gasteiger partial charge in [-0.25, -0.2) is 0 Å². The van der Waals surface area contributed by atoms with Crippen molar-refractivity contribution in [3.8, 4) is 0 Å². The van der Waals surface area contributed by atoms with Crippen molar-refractivity contribution < 1.29 is 0 Å². The van der Waals surface area contributed by atoms with Crippen LogP contribution in [0.1, 0.15) is 25.0 Å². The first-order chi connectivity index (χ1) is 8.49. The molecule has 0 aliphatic carbocycles. The molecule has 0 amide bonds. The van der Waals surface area contributed by atoms with E-state index in [4.69, 9.17) is 11.6 Å². The highest BCUT2D eigenvalue weighted by Crippen LogP contribution is 2.33. The lowest BCUT2D eigenvalue weighted by molar-refractivity contribution is 0.563. The molecule has 100 valence electrons. The van der Waals surface area contributed by atoms with E-state index < -0.39 is 0 Å². The summed E-state index contributed by atoms with van der Waals surface area (Å²) in [5.41, 5.74) is 3.72. The summed E-state index contributed by atoms with van der Waals surface area (Å²) in [7, 11) is 0. The van der Waals surface area contributed by atoms with Gasteiger partial charge in [0.05, 0.1) is 10.7 Å². The molecule has 2 rings (SSSR count). The summed E-state index contributed by atoms with van der Waals surface area (Å²) in [4.78, 5) is 2.46. The second kappa shape index (κ2) is 5.50. The van der Waals surface area contributed by atoms with Gasteiger partial charge in [0.2, 0.25) is 0 Å². The van der Waals surface area contributed by atoms with E-state index in [1.807, 2.05) is 0 Å². The monoisotopic (exact) mass is 266 g/mol. The Kier molecular flexibility index (Phi) is 4.18. The Bertz CT molecular complexity index is 407. The van der Waals surface area contributed by atoms with Crippen molar-refractivity contribution in [3.63, 3.8) is 0 Å². The lowest BCUT2D eigenvalue weighted by Crippen LogP contribution is -2.38. The lowest BCUT2D eigenvalue weighted by atomic mass is 10.1. The first-order valence-electron chi connectivity index (χ1n) is 6.73. The van der Waals surface area contributed by atoms with E-state index in [1.165, 1.54) is 16.8 Å². The molecule has 1 fully saturated rings. The van der Waals surface area contributed by atoms with Crippen molar-refractivity contribution >= 4 is 17.3 Å². The number of hydrogen-bond donors (Lipinski definition) is 1. The molecular formula is C15H23ClN2. The molecule has 0 saturated carbocycles. The molecule has 1 aliphatic heterocycles. The fourth-order valence-corrected chi connectivity index (χ4v) is 3.24. The summed E-state index contributed by atoms with van der Waals surface area (Å²) in [5.74, 6) is 0.645. The van der Waals surface area contributed by atoms with Crippen LogP contribution in [0.5, 0.6) is 0 Å². The van der Waals surface area contributed by atoms with Crippen molar-refractivity contribution in [2.45, 2.75) is 33.7 Å². The predicted octanol–water partition coefficient (Wildman–Crippen LogP) is 3.39. The molecule has 0 bridgehead atoms. The Morgan fingerprint density at radius 3 is 2.61 bits per heavy atom. The molecule has 2 atom stereocenters. The molecular weight excluding hydrogens is 244 g/mol. The molecule has 0 radical (unpaired) electrons. The maximum atomic E-state index is 6.47. The highest BCUT2D eigenvalue weighted by atomic mass is 35.5. The lowest BCUT2D eigenvalue weighted by Gasteiger charge is -2.32. The van der Waals surface area contributed by atoms with E-state index in [0.29, 0.717) is 12.0 Å². The Hall–Kier alpha value is -0.730. The summed E-state index contributed by atoms with van der Waals surface area (Å²) in [6.07, 6.45) is 0. The third-order valence-corrected chi connectivity index (χ3v) is 3.95. The van der Waals surface area contributed by atoms with Crippen molar-refractivity contribution in [2.24, 2.45) is 5.92 Å². The largest absolute Gasteiger partial charge is 0.366 e. The summed E-state index contributed by atoms with van der Waals surface area (Å²) in [5, 5.41) is 4.39. The van der Waals surface area contributed by atoms with E-state index in [1.54, 1.807) is 0 Å². The maximum Gasteiger partial charge on any atom is 0.0645 e. The van der Waals surface area contributed by atoms with E-state index in [-0.39, 0.29) is 0 Å². The van der Waals surface area contributed by atoms with Gasteiger partial charge in [0.1, 0.15) is 0 Å². The zero-order chi connectivity index (χ0) is 13.3. The van der Waals surface area contributed by atoms with Crippen molar-refractivity contribution in [1.29, 1.82) is 0 Å². The van der Waals surface area contributed by atoms with Gasteiger partial charge in [-0.15, -0.1) is 0 Å². The Morgan fingerprint density at radius 2 is 1.94 bits per heavy atom. The van der Waals surface area contributed by atoms with Crippen LogP contribution < -0.4 is 10.2 Å². The minimum atomic E-state index is 0.480. The highest BCUT2D eigenvalue weighted by molar-refractivity contribution is 6.33. The van der Waals surface area contributed by atoms with Gasteiger partial charge in [0, 0.05) is 19.1 Å². The van der Waals surface area contributed by atoms with Crippen LogP contribution in [0.3, 0.4) is 0 Å². The molecule has 1 aliphatic rings. The van der Waals surface area contributed by atoms with Gasteiger partial charge in [-0.3, -0.25) is 0 Å². The molecule has 1 saturated heterocycles. The van der Waals surface area contributed by atoms with Crippen LogP contribution in [0.2, 0.25) is 5.02 Å². The fourth-order valence-electron chi connectivity index (χ4n) is 2.81. The smallest absolute Gasteiger partial charge is 0.0645 e. The molecule has 2 nitrogen and oxygen atoms in total. The number of nitrogens with one attached hydrogen (secondary N) is 1. The molecule has 3 heteroatoms. The van der Waals surface area contributed by atoms with Crippen molar-refractivity contribution in [1.82, 2.24) is 5.32 Å². The molecule has 0 spiro atoms. The second-order valence-electron chi connectivity index (χ2n) is 5.68. The van der Waals surface area contributed by atoms with E-state index >= 15 is 0 Å². The summed E-state index contributed by atoms with van der Waals surface area (Å²) in [6, 6.07) is 4.77. The van der Waals surface area contributed by atoms with Crippen LogP contribution in [0.25, 0.3) is 0 Å². The van der Waals surface area contributed by atoms with Crippen LogP contribution in [0.4, 0.5) is 5.69 Å². The Morgan fingerprint density at radius 1 is 1.22 bits per heavy atom.